The number of imidazole rings is 1. The fraction of sp³-hybridized carbons (Fsp3) is 0.500. The molecule has 5 heteroatoms. The average Bonchev–Trinajstić information content (AvgIpc) is 2.75. The topological polar surface area (TPSA) is 47.1 Å². The van der Waals surface area contributed by atoms with E-state index in [1.54, 1.807) is 6.07 Å². The van der Waals surface area contributed by atoms with Crippen LogP contribution in [-0.4, -0.2) is 34.1 Å². The van der Waals surface area contributed by atoms with Gasteiger partial charge in [0.25, 0.3) is 0 Å². The summed E-state index contributed by atoms with van der Waals surface area (Å²) >= 11 is 0. The minimum absolute atomic E-state index is 0.258. The molecule has 0 radical (unpaired) electrons. The lowest BCUT2D eigenvalue weighted by Crippen LogP contribution is -2.48. The second-order valence-electron chi connectivity index (χ2n) is 5.68. The number of nitrogen functional groups attached to an aromatic ring is 1. The highest BCUT2D eigenvalue weighted by Gasteiger charge is 2.36. The summed E-state index contributed by atoms with van der Waals surface area (Å²) < 4.78 is 15.4. The van der Waals surface area contributed by atoms with Crippen LogP contribution in [0, 0.1) is 11.7 Å². The standard InChI is InChI=1S/C14H17FN4/c15-10-1-2-12-11(7-10)17-14(16)19(12)13-8-18-5-3-9(13)4-6-18/h1-2,7,9,13H,3-6,8H2,(H2,16,17). The lowest BCUT2D eigenvalue weighted by atomic mass is 9.84. The molecule has 1 unspecified atom stereocenters. The number of aromatic nitrogens is 2. The molecule has 3 saturated heterocycles. The molecule has 3 aliphatic heterocycles. The van der Waals surface area contributed by atoms with Crippen LogP contribution in [0.15, 0.2) is 18.2 Å². The van der Waals surface area contributed by atoms with Crippen LogP contribution in [0.1, 0.15) is 18.9 Å². The Hall–Kier alpha value is -1.62. The predicted molar refractivity (Wildman–Crippen MR) is 72.3 cm³/mol. The molecule has 3 fully saturated rings. The largest absolute Gasteiger partial charge is 0.369 e. The van der Waals surface area contributed by atoms with E-state index in [-0.39, 0.29) is 5.82 Å². The van der Waals surface area contributed by atoms with Crippen molar-refractivity contribution >= 4 is 17.0 Å². The van der Waals surface area contributed by atoms with E-state index in [9.17, 15) is 4.39 Å². The smallest absolute Gasteiger partial charge is 0.201 e. The number of halogens is 1. The number of piperidine rings is 3. The van der Waals surface area contributed by atoms with Crippen LogP contribution >= 0.6 is 0 Å². The number of nitrogens with two attached hydrogens (primary N) is 1. The van der Waals surface area contributed by atoms with Gasteiger partial charge in [-0.2, -0.15) is 0 Å². The molecule has 4 heterocycles. The number of nitrogens with zero attached hydrogens (tertiary/aromatic N) is 3. The van der Waals surface area contributed by atoms with Crippen molar-refractivity contribution in [1.29, 1.82) is 0 Å². The minimum atomic E-state index is -0.258. The average molecular weight is 260 g/mol. The highest BCUT2D eigenvalue weighted by Crippen LogP contribution is 2.38. The van der Waals surface area contributed by atoms with Gasteiger partial charge >= 0.3 is 0 Å². The van der Waals surface area contributed by atoms with Crippen LogP contribution in [0.2, 0.25) is 0 Å². The van der Waals surface area contributed by atoms with E-state index >= 15 is 0 Å². The van der Waals surface area contributed by atoms with Gasteiger partial charge < -0.3 is 15.2 Å². The third-order valence-corrected chi connectivity index (χ3v) is 4.63. The summed E-state index contributed by atoms with van der Waals surface area (Å²) in [5.41, 5.74) is 7.69. The van der Waals surface area contributed by atoms with Gasteiger partial charge in [0.2, 0.25) is 5.95 Å². The minimum Gasteiger partial charge on any atom is -0.369 e. The number of anilines is 1. The Bertz CT molecular complexity index is 628. The molecule has 1 atom stereocenters. The molecule has 0 saturated carbocycles. The summed E-state index contributed by atoms with van der Waals surface area (Å²) in [5, 5.41) is 0. The van der Waals surface area contributed by atoms with Crippen molar-refractivity contribution in [2.24, 2.45) is 5.92 Å². The van der Waals surface area contributed by atoms with Crippen molar-refractivity contribution in [2.45, 2.75) is 18.9 Å². The predicted octanol–water partition coefficient (Wildman–Crippen LogP) is 2.02. The SMILES string of the molecule is Nc1nc2cc(F)ccc2n1C1CN2CCC1CC2. The lowest BCUT2D eigenvalue weighted by molar-refractivity contribution is 0.0598. The Morgan fingerprint density at radius 2 is 2.05 bits per heavy atom. The molecule has 0 aliphatic carbocycles. The summed E-state index contributed by atoms with van der Waals surface area (Å²) in [6.45, 7) is 3.43. The van der Waals surface area contributed by atoms with Crippen molar-refractivity contribution < 1.29 is 4.39 Å². The Labute approximate surface area is 111 Å². The Kier molecular flexibility index (Phi) is 2.33. The number of benzene rings is 1. The molecule has 2 N–H and O–H groups in total. The Balaban J connectivity index is 1.84. The third-order valence-electron chi connectivity index (χ3n) is 4.63. The van der Waals surface area contributed by atoms with Crippen LogP contribution in [0.4, 0.5) is 10.3 Å². The van der Waals surface area contributed by atoms with Crippen molar-refractivity contribution in [3.8, 4) is 0 Å². The van der Waals surface area contributed by atoms with Crippen molar-refractivity contribution in [3.63, 3.8) is 0 Å². The molecular weight excluding hydrogens is 243 g/mol. The van der Waals surface area contributed by atoms with Gasteiger partial charge in [0.05, 0.1) is 17.1 Å². The molecule has 5 rings (SSSR count). The van der Waals surface area contributed by atoms with Gasteiger partial charge in [-0.1, -0.05) is 0 Å². The zero-order chi connectivity index (χ0) is 13.0. The maximum Gasteiger partial charge on any atom is 0.201 e. The first kappa shape index (κ1) is 11.2. The summed E-state index contributed by atoms with van der Waals surface area (Å²) in [6, 6.07) is 5.13. The third kappa shape index (κ3) is 1.64. The molecule has 2 bridgehead atoms. The van der Waals surface area contributed by atoms with E-state index in [0.717, 1.165) is 12.1 Å². The maximum atomic E-state index is 13.3. The van der Waals surface area contributed by atoms with Gasteiger partial charge in [-0.3, -0.25) is 0 Å². The van der Waals surface area contributed by atoms with Crippen LogP contribution in [-0.2, 0) is 0 Å². The van der Waals surface area contributed by atoms with E-state index in [2.05, 4.69) is 14.5 Å². The summed E-state index contributed by atoms with van der Waals surface area (Å²) in [6.07, 6.45) is 2.45. The molecule has 4 nitrogen and oxygen atoms in total. The van der Waals surface area contributed by atoms with E-state index in [1.165, 1.54) is 38.1 Å². The Morgan fingerprint density at radius 3 is 2.74 bits per heavy atom. The molecule has 3 aliphatic rings. The lowest BCUT2D eigenvalue weighted by Gasteiger charge is -2.45. The van der Waals surface area contributed by atoms with Gasteiger partial charge in [-0.15, -0.1) is 0 Å². The van der Waals surface area contributed by atoms with Crippen LogP contribution in [0.5, 0.6) is 0 Å². The molecule has 19 heavy (non-hydrogen) atoms. The number of hydrogen-bond acceptors (Lipinski definition) is 3. The first-order chi connectivity index (χ1) is 9.22. The second kappa shape index (κ2) is 3.93. The highest BCUT2D eigenvalue weighted by atomic mass is 19.1. The molecule has 0 amide bonds. The second-order valence-corrected chi connectivity index (χ2v) is 5.68. The van der Waals surface area contributed by atoms with Gasteiger partial charge in [-0.05, 0) is 44.0 Å². The molecule has 2 aromatic rings. The molecular formula is C14H17FN4. The molecule has 100 valence electrons. The van der Waals surface area contributed by atoms with Gasteiger partial charge in [0.15, 0.2) is 0 Å². The van der Waals surface area contributed by atoms with Crippen molar-refractivity contribution in [3.05, 3.63) is 24.0 Å². The van der Waals surface area contributed by atoms with Gasteiger partial charge in [-0.25, -0.2) is 9.37 Å². The first-order valence-corrected chi connectivity index (χ1v) is 6.88. The fourth-order valence-corrected chi connectivity index (χ4v) is 3.67. The summed E-state index contributed by atoms with van der Waals surface area (Å²) in [7, 11) is 0. The van der Waals surface area contributed by atoms with Crippen LogP contribution in [0.25, 0.3) is 11.0 Å². The quantitative estimate of drug-likeness (QED) is 0.853. The first-order valence-electron chi connectivity index (χ1n) is 6.88. The molecule has 1 aromatic carbocycles. The van der Waals surface area contributed by atoms with E-state index in [0.29, 0.717) is 23.4 Å². The van der Waals surface area contributed by atoms with E-state index in [4.69, 9.17) is 5.73 Å². The van der Waals surface area contributed by atoms with E-state index < -0.39 is 0 Å². The summed E-state index contributed by atoms with van der Waals surface area (Å²) in [5.74, 6) is 0.931. The zero-order valence-electron chi connectivity index (χ0n) is 10.7. The van der Waals surface area contributed by atoms with Crippen molar-refractivity contribution in [2.75, 3.05) is 25.4 Å². The van der Waals surface area contributed by atoms with Crippen LogP contribution < -0.4 is 5.73 Å². The monoisotopic (exact) mass is 260 g/mol. The maximum absolute atomic E-state index is 13.3. The number of hydrogen-bond donors (Lipinski definition) is 1. The highest BCUT2D eigenvalue weighted by molar-refractivity contribution is 5.78. The van der Waals surface area contributed by atoms with Crippen LogP contribution in [0.3, 0.4) is 0 Å². The van der Waals surface area contributed by atoms with Gasteiger partial charge in [0.1, 0.15) is 5.82 Å². The summed E-state index contributed by atoms with van der Waals surface area (Å²) in [4.78, 5) is 6.80. The molecule has 0 spiro atoms. The van der Waals surface area contributed by atoms with E-state index in [1.807, 2.05) is 0 Å². The molecule has 1 aromatic heterocycles. The number of fused-ring (bicyclic) bond motifs is 4. The van der Waals surface area contributed by atoms with Gasteiger partial charge in [0, 0.05) is 12.6 Å². The Morgan fingerprint density at radius 1 is 1.26 bits per heavy atom. The zero-order valence-corrected chi connectivity index (χ0v) is 10.7. The normalized spacial score (nSPS) is 30.1. The fourth-order valence-electron chi connectivity index (χ4n) is 3.67. The van der Waals surface area contributed by atoms with Crippen molar-refractivity contribution in [1.82, 2.24) is 14.5 Å². The number of rotatable bonds is 1.